The van der Waals surface area contributed by atoms with Crippen LogP contribution in [-0.4, -0.2) is 46.1 Å². The second-order valence-corrected chi connectivity index (χ2v) is 5.64. The molecule has 1 aliphatic heterocycles. The zero-order valence-electron chi connectivity index (χ0n) is 13.2. The average molecular weight is 331 g/mol. The molecule has 2 aromatic rings. The Bertz CT molecular complexity index is 760. The van der Waals surface area contributed by atoms with E-state index in [0.717, 1.165) is 0 Å². The van der Waals surface area contributed by atoms with Crippen molar-refractivity contribution in [3.63, 3.8) is 0 Å². The maximum atomic E-state index is 13.5. The number of benzene rings is 1. The lowest BCUT2D eigenvalue weighted by Crippen LogP contribution is -2.52. The Labute approximate surface area is 138 Å². The molecule has 24 heavy (non-hydrogen) atoms. The van der Waals surface area contributed by atoms with Gasteiger partial charge in [0.05, 0.1) is 6.54 Å². The van der Waals surface area contributed by atoms with E-state index in [4.69, 9.17) is 0 Å². The summed E-state index contributed by atoms with van der Waals surface area (Å²) in [6, 6.07) is 6.87. The molecule has 1 fully saturated rings. The Morgan fingerprint density at radius 1 is 1.46 bits per heavy atom. The molecule has 0 radical (unpaired) electrons. The second-order valence-electron chi connectivity index (χ2n) is 5.64. The summed E-state index contributed by atoms with van der Waals surface area (Å²) in [7, 11) is 1.75. The minimum atomic E-state index is -0.691. The number of hydrogen-bond acceptors (Lipinski definition) is 4. The molecular formula is C16H18FN5O2. The Morgan fingerprint density at radius 3 is 3.00 bits per heavy atom. The molecule has 7 nitrogen and oxygen atoms in total. The maximum absolute atomic E-state index is 13.5. The van der Waals surface area contributed by atoms with Gasteiger partial charge in [0, 0.05) is 32.4 Å². The van der Waals surface area contributed by atoms with Gasteiger partial charge in [-0.15, -0.1) is 0 Å². The third kappa shape index (κ3) is 3.60. The molecule has 1 aliphatic rings. The number of nitrogens with zero attached hydrogens (tertiary/aromatic N) is 3. The van der Waals surface area contributed by atoms with E-state index in [9.17, 15) is 14.0 Å². The second kappa shape index (κ2) is 6.79. The monoisotopic (exact) mass is 331 g/mol. The number of hydrogen-bond donors (Lipinski definition) is 2. The lowest BCUT2D eigenvalue weighted by molar-refractivity contribution is -0.130. The van der Waals surface area contributed by atoms with Crippen molar-refractivity contribution in [1.29, 1.82) is 0 Å². The fraction of sp³-hybridized carbons (Fsp3) is 0.312. The predicted octanol–water partition coefficient (Wildman–Crippen LogP) is 0.671. The van der Waals surface area contributed by atoms with E-state index in [0.29, 0.717) is 24.5 Å². The first kappa shape index (κ1) is 16.1. The number of aromatic nitrogens is 2. The van der Waals surface area contributed by atoms with Gasteiger partial charge in [0.15, 0.2) is 5.82 Å². The predicted molar refractivity (Wildman–Crippen MR) is 85.6 cm³/mol. The first-order chi connectivity index (χ1) is 11.5. The first-order valence-electron chi connectivity index (χ1n) is 7.59. The molecule has 1 aromatic carbocycles. The minimum absolute atomic E-state index is 0.0190. The van der Waals surface area contributed by atoms with Crippen LogP contribution in [0.4, 0.5) is 10.2 Å². The summed E-state index contributed by atoms with van der Waals surface area (Å²) in [5.41, 5.74) is 0.526. The third-order valence-corrected chi connectivity index (χ3v) is 3.80. The normalized spacial score (nSPS) is 18.2. The molecule has 3 rings (SSSR count). The van der Waals surface area contributed by atoms with Gasteiger partial charge in [0.25, 0.3) is 0 Å². The van der Waals surface area contributed by atoms with E-state index in [1.165, 1.54) is 12.1 Å². The van der Waals surface area contributed by atoms with Crippen molar-refractivity contribution >= 4 is 17.6 Å². The Kier molecular flexibility index (Phi) is 4.57. The summed E-state index contributed by atoms with van der Waals surface area (Å²) in [5, 5.41) is 9.53. The van der Waals surface area contributed by atoms with Crippen molar-refractivity contribution in [3.8, 4) is 0 Å². The number of aryl methyl sites for hydroxylation is 1. The van der Waals surface area contributed by atoms with E-state index >= 15 is 0 Å². The molecule has 0 saturated carbocycles. The minimum Gasteiger partial charge on any atom is -0.353 e. The van der Waals surface area contributed by atoms with Crippen LogP contribution in [0.1, 0.15) is 11.6 Å². The van der Waals surface area contributed by atoms with Crippen LogP contribution in [0.3, 0.4) is 0 Å². The Hall–Kier alpha value is -2.74. The zero-order chi connectivity index (χ0) is 17.1. The third-order valence-electron chi connectivity index (χ3n) is 3.80. The first-order valence-corrected chi connectivity index (χ1v) is 7.59. The largest absolute Gasteiger partial charge is 0.353 e. The van der Waals surface area contributed by atoms with Gasteiger partial charge in [-0.25, -0.2) is 4.39 Å². The molecule has 2 amide bonds. The molecule has 126 valence electrons. The smallest absolute Gasteiger partial charge is 0.242 e. The summed E-state index contributed by atoms with van der Waals surface area (Å²) >= 11 is 0. The highest BCUT2D eigenvalue weighted by molar-refractivity contribution is 5.92. The lowest BCUT2D eigenvalue weighted by atomic mass is 10.0. The summed E-state index contributed by atoms with van der Waals surface area (Å²) in [6.45, 7) is 0.968. The zero-order valence-corrected chi connectivity index (χ0v) is 13.2. The molecule has 8 heteroatoms. The van der Waals surface area contributed by atoms with E-state index in [2.05, 4.69) is 15.7 Å². The summed E-state index contributed by atoms with van der Waals surface area (Å²) in [6.07, 6.45) is 1.72. The van der Waals surface area contributed by atoms with E-state index < -0.39 is 11.9 Å². The van der Waals surface area contributed by atoms with Gasteiger partial charge in [0.1, 0.15) is 11.9 Å². The van der Waals surface area contributed by atoms with Crippen LogP contribution < -0.4 is 10.6 Å². The fourth-order valence-corrected chi connectivity index (χ4v) is 2.77. The van der Waals surface area contributed by atoms with Crippen LogP contribution in [0.15, 0.2) is 36.5 Å². The highest BCUT2D eigenvalue weighted by Gasteiger charge is 2.32. The number of halogens is 1. The number of carbonyl (C=O) groups excluding carboxylic acids is 2. The van der Waals surface area contributed by atoms with Crippen LogP contribution >= 0.6 is 0 Å². The van der Waals surface area contributed by atoms with Crippen molar-refractivity contribution in [2.75, 3.05) is 25.0 Å². The van der Waals surface area contributed by atoms with Crippen LogP contribution in [0, 0.1) is 5.82 Å². The molecule has 2 N–H and O–H groups in total. The van der Waals surface area contributed by atoms with Crippen molar-refractivity contribution in [2.45, 2.75) is 6.04 Å². The SMILES string of the molecule is Cn1ccc(NC(=O)CN2CCNC(=O)C2c2cccc(F)c2)n1. The summed E-state index contributed by atoms with van der Waals surface area (Å²) in [4.78, 5) is 26.2. The molecule has 0 bridgehead atoms. The van der Waals surface area contributed by atoms with Crippen molar-refractivity contribution in [2.24, 2.45) is 7.05 Å². The lowest BCUT2D eigenvalue weighted by Gasteiger charge is -2.34. The summed E-state index contributed by atoms with van der Waals surface area (Å²) < 4.78 is 15.1. The Morgan fingerprint density at radius 2 is 2.29 bits per heavy atom. The number of nitrogens with one attached hydrogen (secondary N) is 2. The number of amides is 2. The van der Waals surface area contributed by atoms with Crippen LogP contribution in [0.25, 0.3) is 0 Å². The molecule has 0 spiro atoms. The number of anilines is 1. The molecule has 0 aliphatic carbocycles. The van der Waals surface area contributed by atoms with Gasteiger partial charge in [-0.1, -0.05) is 12.1 Å². The number of rotatable bonds is 4. The van der Waals surface area contributed by atoms with Gasteiger partial charge in [-0.3, -0.25) is 19.2 Å². The highest BCUT2D eigenvalue weighted by atomic mass is 19.1. The molecule has 1 atom stereocenters. The number of piperazine rings is 1. The van der Waals surface area contributed by atoms with Crippen LogP contribution in [-0.2, 0) is 16.6 Å². The van der Waals surface area contributed by atoms with Gasteiger partial charge in [-0.05, 0) is 17.7 Å². The quantitative estimate of drug-likeness (QED) is 0.863. The maximum Gasteiger partial charge on any atom is 0.242 e. The van der Waals surface area contributed by atoms with Gasteiger partial charge < -0.3 is 10.6 Å². The van der Waals surface area contributed by atoms with Gasteiger partial charge in [-0.2, -0.15) is 5.10 Å². The summed E-state index contributed by atoms with van der Waals surface area (Å²) in [5.74, 6) is -0.475. The Balaban J connectivity index is 1.74. The highest BCUT2D eigenvalue weighted by Crippen LogP contribution is 2.23. The molecule has 1 saturated heterocycles. The molecule has 1 unspecified atom stereocenters. The van der Waals surface area contributed by atoms with Crippen LogP contribution in [0.2, 0.25) is 0 Å². The average Bonchev–Trinajstić information content (AvgIpc) is 2.92. The fourth-order valence-electron chi connectivity index (χ4n) is 2.77. The molecule has 1 aromatic heterocycles. The van der Waals surface area contributed by atoms with Crippen LogP contribution in [0.5, 0.6) is 0 Å². The van der Waals surface area contributed by atoms with Crippen molar-refractivity contribution in [1.82, 2.24) is 20.0 Å². The number of carbonyl (C=O) groups is 2. The van der Waals surface area contributed by atoms with Crippen molar-refractivity contribution in [3.05, 3.63) is 47.9 Å². The molecule has 2 heterocycles. The molecular weight excluding hydrogens is 313 g/mol. The van der Waals surface area contributed by atoms with Gasteiger partial charge in [0.2, 0.25) is 11.8 Å². The topological polar surface area (TPSA) is 79.3 Å². The van der Waals surface area contributed by atoms with E-state index in [-0.39, 0.29) is 18.4 Å². The van der Waals surface area contributed by atoms with Gasteiger partial charge >= 0.3 is 0 Å². The van der Waals surface area contributed by atoms with Crippen molar-refractivity contribution < 1.29 is 14.0 Å². The standard InChI is InChI=1S/C16H18FN5O2/c1-21-7-5-13(20-21)19-14(23)10-22-8-6-18-16(24)15(22)11-3-2-4-12(17)9-11/h2-5,7,9,15H,6,8,10H2,1H3,(H,18,24)(H,19,20,23). The van der Waals surface area contributed by atoms with E-state index in [1.54, 1.807) is 41.0 Å². The van der Waals surface area contributed by atoms with E-state index in [1.807, 2.05) is 0 Å².